The number of hydrogen-bond acceptors (Lipinski definition) is 6. The van der Waals surface area contributed by atoms with E-state index < -0.39 is 0 Å². The van der Waals surface area contributed by atoms with Gasteiger partial charge in [0.2, 0.25) is 0 Å². The molecule has 0 amide bonds. The Labute approximate surface area is 136 Å². The Morgan fingerprint density at radius 1 is 1.25 bits per heavy atom. The summed E-state index contributed by atoms with van der Waals surface area (Å²) in [5, 5.41) is 3.94. The van der Waals surface area contributed by atoms with Crippen LogP contribution in [0.2, 0.25) is 0 Å². The maximum Gasteiger partial charge on any atom is 0.263 e. The Hall–Kier alpha value is -2.96. The number of ketones is 1. The van der Waals surface area contributed by atoms with Crippen LogP contribution in [-0.4, -0.2) is 20.9 Å². The third-order valence-electron chi connectivity index (χ3n) is 4.28. The number of pyridine rings is 1. The van der Waals surface area contributed by atoms with Crippen molar-refractivity contribution in [2.24, 2.45) is 0 Å². The molecule has 0 radical (unpaired) electrons. The number of nitrogens with zero attached hydrogens (tertiary/aromatic N) is 2. The van der Waals surface area contributed by atoms with Crippen LogP contribution >= 0.6 is 0 Å². The Balaban J connectivity index is 1.74. The molecule has 0 spiro atoms. The lowest BCUT2D eigenvalue weighted by molar-refractivity contribution is 0.0971. The molecule has 0 saturated heterocycles. The van der Waals surface area contributed by atoms with Gasteiger partial charge in [0.05, 0.1) is 12.2 Å². The van der Waals surface area contributed by atoms with Crippen LogP contribution in [0.1, 0.15) is 53.3 Å². The second kappa shape index (κ2) is 5.59. The molecule has 3 aromatic rings. The molecule has 0 saturated carbocycles. The van der Waals surface area contributed by atoms with Crippen molar-refractivity contribution < 1.29 is 13.7 Å². The SMILES string of the molecule is CC(c1noc(-c2cc3c([nH]c2=O)CCCC3=O)n1)c1ccco1. The zero-order chi connectivity index (χ0) is 16.7. The molecular weight excluding hydrogens is 310 g/mol. The minimum atomic E-state index is -0.329. The minimum Gasteiger partial charge on any atom is -0.469 e. The standard InChI is InChI=1S/C17H15N3O4/c1-9(14-6-3-7-23-14)15-19-17(24-20-15)11-8-10-12(18-16(11)22)4-2-5-13(10)21/h3,6-9H,2,4-5H2,1H3,(H,18,22). The fourth-order valence-electron chi connectivity index (χ4n) is 2.92. The summed E-state index contributed by atoms with van der Waals surface area (Å²) in [6.07, 6.45) is 3.52. The molecule has 7 nitrogen and oxygen atoms in total. The third kappa shape index (κ3) is 2.38. The van der Waals surface area contributed by atoms with Gasteiger partial charge in [-0.05, 0) is 38.0 Å². The summed E-state index contributed by atoms with van der Waals surface area (Å²) in [5.74, 6) is 1.05. The first-order valence-electron chi connectivity index (χ1n) is 7.80. The quantitative estimate of drug-likeness (QED) is 0.794. The monoisotopic (exact) mass is 325 g/mol. The lowest BCUT2D eigenvalue weighted by Crippen LogP contribution is -2.20. The molecule has 1 atom stereocenters. The first-order chi connectivity index (χ1) is 11.6. The molecule has 1 unspecified atom stereocenters. The Morgan fingerprint density at radius 3 is 2.92 bits per heavy atom. The predicted octanol–water partition coefficient (Wildman–Crippen LogP) is 2.69. The van der Waals surface area contributed by atoms with Gasteiger partial charge in [-0.15, -0.1) is 0 Å². The fourth-order valence-corrected chi connectivity index (χ4v) is 2.92. The van der Waals surface area contributed by atoms with E-state index in [1.54, 1.807) is 18.4 Å². The van der Waals surface area contributed by atoms with Crippen molar-refractivity contribution in [3.8, 4) is 11.5 Å². The van der Waals surface area contributed by atoms with Gasteiger partial charge in [-0.3, -0.25) is 9.59 Å². The number of carbonyl (C=O) groups excluding carboxylic acids is 1. The molecule has 0 fully saturated rings. The van der Waals surface area contributed by atoms with Gasteiger partial charge in [0.1, 0.15) is 11.3 Å². The largest absolute Gasteiger partial charge is 0.469 e. The van der Waals surface area contributed by atoms with Crippen LogP contribution in [0.4, 0.5) is 0 Å². The van der Waals surface area contributed by atoms with Crippen molar-refractivity contribution >= 4 is 5.78 Å². The first kappa shape index (κ1) is 14.6. The number of hydrogen-bond donors (Lipinski definition) is 1. The van der Waals surface area contributed by atoms with Gasteiger partial charge in [-0.2, -0.15) is 4.98 Å². The van der Waals surface area contributed by atoms with E-state index in [0.717, 1.165) is 6.42 Å². The number of aromatic amines is 1. The third-order valence-corrected chi connectivity index (χ3v) is 4.28. The average molecular weight is 325 g/mol. The highest BCUT2D eigenvalue weighted by Gasteiger charge is 2.24. The van der Waals surface area contributed by atoms with Gasteiger partial charge >= 0.3 is 0 Å². The molecule has 4 rings (SSSR count). The maximum absolute atomic E-state index is 12.3. The smallest absolute Gasteiger partial charge is 0.263 e. The van der Waals surface area contributed by atoms with E-state index in [0.29, 0.717) is 35.7 Å². The molecular formula is C17H15N3O4. The molecule has 0 aliphatic heterocycles. The number of furan rings is 1. The summed E-state index contributed by atoms with van der Waals surface area (Å²) in [5.41, 5.74) is 1.11. The van der Waals surface area contributed by atoms with Crippen LogP contribution in [0.15, 0.2) is 38.2 Å². The van der Waals surface area contributed by atoms with Gasteiger partial charge in [0, 0.05) is 17.7 Å². The molecule has 24 heavy (non-hydrogen) atoms. The van der Waals surface area contributed by atoms with E-state index in [1.165, 1.54) is 0 Å². The summed E-state index contributed by atoms with van der Waals surface area (Å²) in [6.45, 7) is 1.88. The highest BCUT2D eigenvalue weighted by atomic mass is 16.5. The van der Waals surface area contributed by atoms with Crippen LogP contribution in [0.5, 0.6) is 0 Å². The Bertz CT molecular complexity index is 953. The molecule has 3 aromatic heterocycles. The second-order valence-electron chi connectivity index (χ2n) is 5.88. The zero-order valence-electron chi connectivity index (χ0n) is 13.0. The maximum atomic E-state index is 12.3. The van der Waals surface area contributed by atoms with Crippen molar-refractivity contribution in [1.82, 2.24) is 15.1 Å². The normalized spacial score (nSPS) is 15.3. The van der Waals surface area contributed by atoms with E-state index in [-0.39, 0.29) is 28.7 Å². The number of H-pyrrole nitrogens is 1. The van der Waals surface area contributed by atoms with E-state index in [2.05, 4.69) is 15.1 Å². The number of Topliss-reactive ketones (excluding diaryl/α,β-unsaturated/α-hetero) is 1. The summed E-state index contributed by atoms with van der Waals surface area (Å²) in [7, 11) is 0. The van der Waals surface area contributed by atoms with Gasteiger partial charge in [0.15, 0.2) is 11.6 Å². The van der Waals surface area contributed by atoms with Gasteiger partial charge < -0.3 is 13.9 Å². The summed E-state index contributed by atoms with van der Waals surface area (Å²) in [4.78, 5) is 31.4. The van der Waals surface area contributed by atoms with Gasteiger partial charge in [-0.1, -0.05) is 5.16 Å². The molecule has 1 aliphatic rings. The lowest BCUT2D eigenvalue weighted by Gasteiger charge is -2.14. The molecule has 0 bridgehead atoms. The number of nitrogens with one attached hydrogen (secondary N) is 1. The summed E-state index contributed by atoms with van der Waals surface area (Å²) in [6, 6.07) is 5.17. The fraction of sp³-hybridized carbons (Fsp3) is 0.294. The van der Waals surface area contributed by atoms with Crippen LogP contribution in [-0.2, 0) is 6.42 Å². The van der Waals surface area contributed by atoms with E-state index in [9.17, 15) is 9.59 Å². The Morgan fingerprint density at radius 2 is 2.12 bits per heavy atom. The predicted molar refractivity (Wildman–Crippen MR) is 83.8 cm³/mol. The number of fused-ring (bicyclic) bond motifs is 1. The van der Waals surface area contributed by atoms with E-state index in [4.69, 9.17) is 8.94 Å². The zero-order valence-corrected chi connectivity index (χ0v) is 13.0. The van der Waals surface area contributed by atoms with Crippen molar-refractivity contribution in [1.29, 1.82) is 0 Å². The van der Waals surface area contributed by atoms with Crippen molar-refractivity contribution in [3.05, 3.63) is 57.7 Å². The lowest BCUT2D eigenvalue weighted by atomic mass is 9.94. The van der Waals surface area contributed by atoms with Gasteiger partial charge in [0.25, 0.3) is 11.4 Å². The second-order valence-corrected chi connectivity index (χ2v) is 5.88. The highest BCUT2D eigenvalue weighted by molar-refractivity contribution is 5.98. The number of aromatic nitrogens is 3. The topological polar surface area (TPSA) is 102 Å². The average Bonchev–Trinajstić information content (AvgIpc) is 3.26. The minimum absolute atomic E-state index is 0.0254. The number of aryl methyl sites for hydroxylation is 1. The van der Waals surface area contributed by atoms with Crippen molar-refractivity contribution in [2.45, 2.75) is 32.1 Å². The number of rotatable bonds is 3. The molecule has 122 valence electrons. The summed E-state index contributed by atoms with van der Waals surface area (Å²) >= 11 is 0. The van der Waals surface area contributed by atoms with Crippen LogP contribution in [0.25, 0.3) is 11.5 Å². The molecule has 1 N–H and O–H groups in total. The molecule has 7 heteroatoms. The Kier molecular flexibility index (Phi) is 3.41. The van der Waals surface area contributed by atoms with Crippen molar-refractivity contribution in [3.63, 3.8) is 0 Å². The number of carbonyl (C=O) groups is 1. The van der Waals surface area contributed by atoms with Crippen LogP contribution in [0, 0.1) is 0 Å². The van der Waals surface area contributed by atoms with E-state index >= 15 is 0 Å². The molecule has 1 aliphatic carbocycles. The van der Waals surface area contributed by atoms with Crippen LogP contribution < -0.4 is 5.56 Å². The highest BCUT2D eigenvalue weighted by Crippen LogP contribution is 2.26. The summed E-state index contributed by atoms with van der Waals surface area (Å²) < 4.78 is 10.6. The molecule has 0 aromatic carbocycles. The van der Waals surface area contributed by atoms with Gasteiger partial charge in [-0.25, -0.2) is 0 Å². The van der Waals surface area contributed by atoms with Crippen molar-refractivity contribution in [2.75, 3.05) is 0 Å². The van der Waals surface area contributed by atoms with Crippen LogP contribution in [0.3, 0.4) is 0 Å². The first-order valence-corrected chi connectivity index (χ1v) is 7.80. The van der Waals surface area contributed by atoms with E-state index in [1.807, 2.05) is 13.0 Å². The molecule has 3 heterocycles.